The maximum atomic E-state index is 12.6. The van der Waals surface area contributed by atoms with E-state index in [0.717, 1.165) is 43.1 Å². The zero-order valence-corrected chi connectivity index (χ0v) is 15.6. The first-order valence-electron chi connectivity index (χ1n) is 9.48. The summed E-state index contributed by atoms with van der Waals surface area (Å²) in [5, 5.41) is 3.32. The normalized spacial score (nSPS) is 13.4. The Morgan fingerprint density at radius 2 is 1.61 bits per heavy atom. The molecule has 28 heavy (non-hydrogen) atoms. The molecule has 1 aliphatic heterocycles. The lowest BCUT2D eigenvalue weighted by Crippen LogP contribution is -2.27. The third-order valence-corrected chi connectivity index (χ3v) is 4.82. The van der Waals surface area contributed by atoms with E-state index in [0.29, 0.717) is 17.0 Å². The first kappa shape index (κ1) is 17.9. The van der Waals surface area contributed by atoms with Crippen LogP contribution in [0.25, 0.3) is 0 Å². The summed E-state index contributed by atoms with van der Waals surface area (Å²) in [6.45, 7) is 1.64. The van der Waals surface area contributed by atoms with E-state index in [1.165, 1.54) is 0 Å². The van der Waals surface area contributed by atoms with Gasteiger partial charge in [-0.15, -0.1) is 0 Å². The maximum absolute atomic E-state index is 12.6. The number of amides is 1. The number of carbonyl (C=O) groups excluding carboxylic acids is 1. The van der Waals surface area contributed by atoms with Gasteiger partial charge in [-0.1, -0.05) is 30.3 Å². The fourth-order valence-electron chi connectivity index (χ4n) is 3.33. The summed E-state index contributed by atoms with van der Waals surface area (Å²) in [7, 11) is 0. The second-order valence-electron chi connectivity index (χ2n) is 6.84. The molecule has 1 aliphatic rings. The monoisotopic (exact) mass is 373 g/mol. The Bertz CT molecular complexity index is 967. The number of likely N-dealkylation sites (tertiary alicyclic amines) is 1. The van der Waals surface area contributed by atoms with Crippen LogP contribution in [-0.4, -0.2) is 23.9 Å². The van der Waals surface area contributed by atoms with Crippen molar-refractivity contribution in [3.8, 4) is 11.5 Å². The average Bonchev–Trinajstić information content (AvgIpc) is 3.26. The largest absolute Gasteiger partial charge is 0.455 e. The van der Waals surface area contributed by atoms with Crippen LogP contribution in [-0.2, 0) is 0 Å². The van der Waals surface area contributed by atoms with Crippen molar-refractivity contribution < 1.29 is 9.53 Å². The van der Waals surface area contributed by atoms with E-state index in [9.17, 15) is 4.79 Å². The predicted molar refractivity (Wildman–Crippen MR) is 112 cm³/mol. The molecule has 0 aromatic heterocycles. The highest BCUT2D eigenvalue weighted by Crippen LogP contribution is 2.33. The molecule has 3 aromatic rings. The molecular weight excluding hydrogens is 350 g/mol. The summed E-state index contributed by atoms with van der Waals surface area (Å²) >= 11 is 0. The van der Waals surface area contributed by atoms with Gasteiger partial charge in [0.2, 0.25) is 0 Å². The number of para-hydroxylation sites is 3. The highest BCUT2D eigenvalue weighted by atomic mass is 16.5. The second kappa shape index (κ2) is 8.05. The van der Waals surface area contributed by atoms with Crippen LogP contribution < -0.4 is 15.8 Å². The van der Waals surface area contributed by atoms with Gasteiger partial charge in [-0.3, -0.25) is 4.79 Å². The number of hydrogen-bond donors (Lipinski definition) is 2. The summed E-state index contributed by atoms with van der Waals surface area (Å²) in [5.41, 5.74) is 8.93. The molecule has 4 rings (SSSR count). The highest BCUT2D eigenvalue weighted by Gasteiger charge is 2.20. The fourth-order valence-corrected chi connectivity index (χ4v) is 3.33. The molecule has 5 heteroatoms. The number of nitrogens with zero attached hydrogens (tertiary/aromatic N) is 1. The Morgan fingerprint density at radius 3 is 2.36 bits per heavy atom. The van der Waals surface area contributed by atoms with E-state index in [4.69, 9.17) is 10.5 Å². The fraction of sp³-hybridized carbons (Fsp3) is 0.174. The molecule has 0 unspecified atom stereocenters. The van der Waals surface area contributed by atoms with Crippen molar-refractivity contribution >= 4 is 23.0 Å². The van der Waals surface area contributed by atoms with Gasteiger partial charge in [0, 0.05) is 18.7 Å². The molecular formula is C23H23N3O2. The summed E-state index contributed by atoms with van der Waals surface area (Å²) in [6.07, 6.45) is 2.14. The Kier molecular flexibility index (Phi) is 5.15. The quantitative estimate of drug-likeness (QED) is 0.615. The molecule has 0 bridgehead atoms. The van der Waals surface area contributed by atoms with Gasteiger partial charge in [-0.2, -0.15) is 0 Å². The van der Waals surface area contributed by atoms with Crippen molar-refractivity contribution in [2.24, 2.45) is 0 Å². The minimum atomic E-state index is 0.0450. The van der Waals surface area contributed by atoms with Crippen molar-refractivity contribution in [2.75, 3.05) is 24.1 Å². The summed E-state index contributed by atoms with van der Waals surface area (Å²) in [5.74, 6) is 1.50. The van der Waals surface area contributed by atoms with Gasteiger partial charge in [0.15, 0.2) is 5.75 Å². The van der Waals surface area contributed by atoms with E-state index in [1.54, 1.807) is 6.07 Å². The molecule has 5 nitrogen and oxygen atoms in total. The lowest BCUT2D eigenvalue weighted by atomic mass is 10.1. The number of rotatable bonds is 5. The van der Waals surface area contributed by atoms with Gasteiger partial charge < -0.3 is 20.7 Å². The molecule has 3 N–H and O–H groups in total. The minimum Gasteiger partial charge on any atom is -0.455 e. The van der Waals surface area contributed by atoms with Crippen LogP contribution in [0, 0.1) is 0 Å². The number of hydrogen-bond acceptors (Lipinski definition) is 4. The van der Waals surface area contributed by atoms with E-state index in [1.807, 2.05) is 71.6 Å². The smallest absolute Gasteiger partial charge is 0.253 e. The number of benzene rings is 3. The molecule has 1 fully saturated rings. The number of carbonyl (C=O) groups is 1. The van der Waals surface area contributed by atoms with Crippen molar-refractivity contribution in [3.05, 3.63) is 78.4 Å². The van der Waals surface area contributed by atoms with Crippen molar-refractivity contribution in [2.45, 2.75) is 12.8 Å². The lowest BCUT2D eigenvalue weighted by molar-refractivity contribution is 0.0793. The van der Waals surface area contributed by atoms with Gasteiger partial charge in [0.25, 0.3) is 5.91 Å². The zero-order valence-electron chi connectivity index (χ0n) is 15.6. The van der Waals surface area contributed by atoms with E-state index < -0.39 is 0 Å². The molecule has 1 saturated heterocycles. The van der Waals surface area contributed by atoms with Crippen LogP contribution in [0.1, 0.15) is 23.2 Å². The first-order valence-corrected chi connectivity index (χ1v) is 9.48. The summed E-state index contributed by atoms with van der Waals surface area (Å²) in [4.78, 5) is 14.4. The molecule has 0 aliphatic carbocycles. The van der Waals surface area contributed by atoms with Gasteiger partial charge in [0.1, 0.15) is 5.75 Å². The number of nitrogens with one attached hydrogen (secondary N) is 1. The molecule has 142 valence electrons. The van der Waals surface area contributed by atoms with Crippen molar-refractivity contribution in [1.29, 1.82) is 0 Å². The van der Waals surface area contributed by atoms with Crippen LogP contribution in [0.4, 0.5) is 17.1 Å². The topological polar surface area (TPSA) is 67.6 Å². The number of nitrogen functional groups attached to an aromatic ring is 1. The maximum Gasteiger partial charge on any atom is 0.253 e. The van der Waals surface area contributed by atoms with Gasteiger partial charge in [-0.05, 0) is 55.3 Å². The highest BCUT2D eigenvalue weighted by molar-refractivity contribution is 5.96. The third kappa shape index (κ3) is 3.93. The first-order chi connectivity index (χ1) is 13.7. The molecule has 0 atom stereocenters. The standard InChI is InChI=1S/C23H23N3O2/c24-19-16-17(23(27)26-14-6-7-15-26)12-13-20(19)25-21-10-4-5-11-22(21)28-18-8-2-1-3-9-18/h1-5,8-13,16,25H,6-7,14-15,24H2. The van der Waals surface area contributed by atoms with E-state index in [-0.39, 0.29) is 5.91 Å². The van der Waals surface area contributed by atoms with Crippen molar-refractivity contribution in [3.63, 3.8) is 0 Å². The molecule has 0 spiro atoms. The number of nitrogens with two attached hydrogens (primary N) is 1. The SMILES string of the molecule is Nc1cc(C(=O)N2CCCC2)ccc1Nc1ccccc1Oc1ccccc1. The Morgan fingerprint density at radius 1 is 0.893 bits per heavy atom. The number of ether oxygens (including phenoxy) is 1. The van der Waals surface area contributed by atoms with Gasteiger partial charge >= 0.3 is 0 Å². The average molecular weight is 373 g/mol. The Labute approximate surface area is 164 Å². The van der Waals surface area contributed by atoms with Crippen LogP contribution in [0.15, 0.2) is 72.8 Å². The van der Waals surface area contributed by atoms with Crippen LogP contribution in [0.2, 0.25) is 0 Å². The van der Waals surface area contributed by atoms with E-state index in [2.05, 4.69) is 5.32 Å². The summed E-state index contributed by atoms with van der Waals surface area (Å²) in [6, 6.07) is 22.7. The van der Waals surface area contributed by atoms with Crippen molar-refractivity contribution in [1.82, 2.24) is 4.90 Å². The van der Waals surface area contributed by atoms with Gasteiger partial charge in [-0.25, -0.2) is 0 Å². The Balaban J connectivity index is 1.54. The Hall–Kier alpha value is -3.47. The molecule has 0 saturated carbocycles. The van der Waals surface area contributed by atoms with E-state index >= 15 is 0 Å². The minimum absolute atomic E-state index is 0.0450. The van der Waals surface area contributed by atoms with Crippen LogP contribution in [0.3, 0.4) is 0 Å². The molecule has 0 radical (unpaired) electrons. The molecule has 1 heterocycles. The lowest BCUT2D eigenvalue weighted by Gasteiger charge is -2.17. The molecule has 3 aromatic carbocycles. The van der Waals surface area contributed by atoms with Gasteiger partial charge in [0.05, 0.1) is 17.1 Å². The van der Waals surface area contributed by atoms with Crippen LogP contribution in [0.5, 0.6) is 11.5 Å². The summed E-state index contributed by atoms with van der Waals surface area (Å²) < 4.78 is 5.99. The molecule has 1 amide bonds. The number of anilines is 3. The third-order valence-electron chi connectivity index (χ3n) is 4.82. The predicted octanol–water partition coefficient (Wildman–Crippen LogP) is 5.04. The second-order valence-corrected chi connectivity index (χ2v) is 6.84. The zero-order chi connectivity index (χ0) is 19.3. The van der Waals surface area contributed by atoms with Crippen LogP contribution >= 0.6 is 0 Å².